The molecule has 3 heteroatoms. The maximum atomic E-state index is 5.62. The molecule has 1 aliphatic heterocycles. The molecule has 1 aromatic heterocycles. The van der Waals surface area contributed by atoms with E-state index >= 15 is 0 Å². The Morgan fingerprint density at radius 2 is 2.24 bits per heavy atom. The molecule has 0 amide bonds. The first-order valence-electron chi connectivity index (χ1n) is 6.55. The van der Waals surface area contributed by atoms with Gasteiger partial charge in [-0.25, -0.2) is 0 Å². The molecule has 0 aliphatic carbocycles. The van der Waals surface area contributed by atoms with Crippen molar-refractivity contribution in [3.8, 4) is 0 Å². The Kier molecular flexibility index (Phi) is 4.13. The minimum absolute atomic E-state index is 0.529. The predicted molar refractivity (Wildman–Crippen MR) is 70.4 cm³/mol. The maximum absolute atomic E-state index is 5.62. The Bertz CT molecular complexity index is 364. The second kappa shape index (κ2) is 5.61. The van der Waals surface area contributed by atoms with E-state index in [-0.39, 0.29) is 0 Å². The van der Waals surface area contributed by atoms with Gasteiger partial charge in [-0.1, -0.05) is 13.8 Å². The van der Waals surface area contributed by atoms with Crippen molar-refractivity contribution in [3.63, 3.8) is 0 Å². The maximum Gasteiger partial charge on any atom is 0.0542 e. The molecule has 1 saturated heterocycles. The summed E-state index contributed by atoms with van der Waals surface area (Å²) in [4.78, 5) is 6.78. The zero-order chi connectivity index (χ0) is 12.3. The summed E-state index contributed by atoms with van der Waals surface area (Å²) >= 11 is 0. The molecule has 2 heterocycles. The Hall–Kier alpha value is -0.930. The fourth-order valence-corrected chi connectivity index (χ4v) is 2.49. The molecule has 2 rings (SSSR count). The minimum atomic E-state index is 0.529. The lowest BCUT2D eigenvalue weighted by Gasteiger charge is -2.35. The van der Waals surface area contributed by atoms with Crippen molar-refractivity contribution in [1.29, 1.82) is 0 Å². The molecule has 17 heavy (non-hydrogen) atoms. The van der Waals surface area contributed by atoms with Crippen LogP contribution in [0, 0.1) is 11.8 Å². The molecule has 0 saturated carbocycles. The van der Waals surface area contributed by atoms with Crippen molar-refractivity contribution >= 4 is 0 Å². The molecule has 2 unspecified atom stereocenters. The molecule has 0 bridgehead atoms. The number of likely N-dealkylation sites (tertiary alicyclic amines) is 1. The largest absolute Gasteiger partial charge is 0.325 e. The lowest BCUT2D eigenvalue weighted by Crippen LogP contribution is -2.37. The van der Waals surface area contributed by atoms with Crippen molar-refractivity contribution in [2.24, 2.45) is 17.6 Å². The van der Waals surface area contributed by atoms with Crippen molar-refractivity contribution in [3.05, 3.63) is 29.6 Å². The highest BCUT2D eigenvalue weighted by Gasteiger charge is 2.22. The molecule has 0 radical (unpaired) electrons. The van der Waals surface area contributed by atoms with Gasteiger partial charge in [-0.3, -0.25) is 9.88 Å². The van der Waals surface area contributed by atoms with Crippen LogP contribution in [-0.4, -0.2) is 23.0 Å². The van der Waals surface area contributed by atoms with E-state index in [0.717, 1.165) is 24.1 Å². The molecule has 1 fully saturated rings. The van der Waals surface area contributed by atoms with E-state index in [1.54, 1.807) is 0 Å². The molecule has 94 valence electrons. The van der Waals surface area contributed by atoms with Crippen molar-refractivity contribution < 1.29 is 0 Å². The first-order chi connectivity index (χ1) is 8.19. The molecule has 0 spiro atoms. The molecular weight excluding hydrogens is 210 g/mol. The number of aromatic nitrogens is 1. The number of hydrogen-bond donors (Lipinski definition) is 1. The third-order valence-corrected chi connectivity index (χ3v) is 3.91. The highest BCUT2D eigenvalue weighted by atomic mass is 15.1. The third kappa shape index (κ3) is 3.27. The van der Waals surface area contributed by atoms with Gasteiger partial charge in [0.2, 0.25) is 0 Å². The molecule has 0 aromatic carbocycles. The zero-order valence-electron chi connectivity index (χ0n) is 10.9. The predicted octanol–water partition coefficient (Wildman–Crippen LogP) is 2.02. The Labute approximate surface area is 104 Å². The van der Waals surface area contributed by atoms with E-state index in [0.29, 0.717) is 6.54 Å². The summed E-state index contributed by atoms with van der Waals surface area (Å²) in [5.41, 5.74) is 7.94. The second-order valence-corrected chi connectivity index (χ2v) is 5.34. The highest BCUT2D eigenvalue weighted by Crippen LogP contribution is 2.23. The quantitative estimate of drug-likeness (QED) is 0.868. The minimum Gasteiger partial charge on any atom is -0.325 e. The molecular formula is C14H23N3. The van der Waals surface area contributed by atoms with Crippen LogP contribution in [0.3, 0.4) is 0 Å². The summed E-state index contributed by atoms with van der Waals surface area (Å²) < 4.78 is 0. The van der Waals surface area contributed by atoms with E-state index in [1.807, 2.05) is 6.20 Å². The molecule has 2 atom stereocenters. The van der Waals surface area contributed by atoms with E-state index < -0.39 is 0 Å². The average Bonchev–Trinajstić information content (AvgIpc) is 2.34. The van der Waals surface area contributed by atoms with Gasteiger partial charge in [-0.2, -0.15) is 0 Å². The van der Waals surface area contributed by atoms with Gasteiger partial charge in [0.05, 0.1) is 5.69 Å². The second-order valence-electron chi connectivity index (χ2n) is 5.34. The van der Waals surface area contributed by atoms with Crippen molar-refractivity contribution in [1.82, 2.24) is 9.88 Å². The van der Waals surface area contributed by atoms with Crippen LogP contribution in [0.4, 0.5) is 0 Å². The summed E-state index contributed by atoms with van der Waals surface area (Å²) in [6.07, 6.45) is 3.18. The van der Waals surface area contributed by atoms with Crippen LogP contribution in [0.1, 0.15) is 31.5 Å². The number of hydrogen-bond acceptors (Lipinski definition) is 3. The number of rotatable bonds is 3. The van der Waals surface area contributed by atoms with Gasteiger partial charge in [0.1, 0.15) is 0 Å². The van der Waals surface area contributed by atoms with Gasteiger partial charge in [0.15, 0.2) is 0 Å². The fraction of sp³-hybridized carbons (Fsp3) is 0.643. The Morgan fingerprint density at radius 3 is 2.94 bits per heavy atom. The van der Waals surface area contributed by atoms with Gasteiger partial charge in [0, 0.05) is 25.8 Å². The normalized spacial score (nSPS) is 26.1. The van der Waals surface area contributed by atoms with Gasteiger partial charge in [0.25, 0.3) is 0 Å². The fourth-order valence-electron chi connectivity index (χ4n) is 2.49. The number of pyridine rings is 1. The lowest BCUT2D eigenvalue weighted by molar-refractivity contribution is 0.132. The van der Waals surface area contributed by atoms with E-state index in [2.05, 4.69) is 35.9 Å². The highest BCUT2D eigenvalue weighted by molar-refractivity contribution is 5.16. The molecule has 1 aliphatic rings. The van der Waals surface area contributed by atoms with Gasteiger partial charge in [-0.15, -0.1) is 0 Å². The lowest BCUT2D eigenvalue weighted by atomic mass is 9.88. The van der Waals surface area contributed by atoms with Crippen LogP contribution in [0.2, 0.25) is 0 Å². The topological polar surface area (TPSA) is 42.2 Å². The summed E-state index contributed by atoms with van der Waals surface area (Å²) in [6, 6.07) is 4.23. The van der Waals surface area contributed by atoms with Crippen molar-refractivity contribution in [2.75, 3.05) is 13.1 Å². The van der Waals surface area contributed by atoms with Gasteiger partial charge in [-0.05, 0) is 42.5 Å². The smallest absolute Gasteiger partial charge is 0.0542 e. The average molecular weight is 233 g/mol. The van der Waals surface area contributed by atoms with E-state index in [1.165, 1.54) is 25.1 Å². The van der Waals surface area contributed by atoms with Crippen LogP contribution in [0.25, 0.3) is 0 Å². The molecule has 3 nitrogen and oxygen atoms in total. The van der Waals surface area contributed by atoms with Crippen molar-refractivity contribution in [2.45, 2.75) is 33.4 Å². The standard InChI is InChI=1S/C14H23N3/c1-11-4-6-17(9-12(11)2)10-13-3-5-16-14(7-13)8-15/h3,5,7,11-12H,4,6,8-10,15H2,1-2H3. The molecule has 1 aromatic rings. The van der Waals surface area contributed by atoms with Crippen LogP contribution in [-0.2, 0) is 13.1 Å². The van der Waals surface area contributed by atoms with E-state index in [9.17, 15) is 0 Å². The third-order valence-electron chi connectivity index (χ3n) is 3.91. The van der Waals surface area contributed by atoms with Gasteiger partial charge < -0.3 is 5.73 Å². The molecule has 2 N–H and O–H groups in total. The monoisotopic (exact) mass is 233 g/mol. The zero-order valence-corrected chi connectivity index (χ0v) is 10.9. The summed E-state index contributed by atoms with van der Waals surface area (Å²) in [7, 11) is 0. The summed E-state index contributed by atoms with van der Waals surface area (Å²) in [6.45, 7) is 8.71. The van der Waals surface area contributed by atoms with Crippen LogP contribution < -0.4 is 5.73 Å². The number of nitrogens with two attached hydrogens (primary N) is 1. The first-order valence-corrected chi connectivity index (χ1v) is 6.55. The van der Waals surface area contributed by atoms with Gasteiger partial charge >= 0.3 is 0 Å². The Balaban J connectivity index is 1.96. The van der Waals surface area contributed by atoms with Crippen LogP contribution >= 0.6 is 0 Å². The van der Waals surface area contributed by atoms with E-state index in [4.69, 9.17) is 5.73 Å². The van der Waals surface area contributed by atoms with Crippen LogP contribution in [0.5, 0.6) is 0 Å². The first kappa shape index (κ1) is 12.5. The SMILES string of the molecule is CC1CCN(Cc2ccnc(CN)c2)CC1C. The number of piperidine rings is 1. The Morgan fingerprint density at radius 1 is 1.41 bits per heavy atom. The number of nitrogens with zero attached hydrogens (tertiary/aromatic N) is 2. The summed E-state index contributed by atoms with van der Waals surface area (Å²) in [5, 5.41) is 0. The van der Waals surface area contributed by atoms with Crippen LogP contribution in [0.15, 0.2) is 18.3 Å². The summed E-state index contributed by atoms with van der Waals surface area (Å²) in [5.74, 6) is 1.67.